The van der Waals surface area contributed by atoms with E-state index in [1.807, 2.05) is 12.1 Å². The van der Waals surface area contributed by atoms with E-state index in [0.717, 1.165) is 5.69 Å². The van der Waals surface area contributed by atoms with Crippen molar-refractivity contribution in [1.29, 1.82) is 0 Å². The standard InChI is InChI=1S/C11H20N4/c1-3-4-5-9(2)14-10-6-7-13-11(8-10)15-12/h6-9H,3-5,12H2,1-2H3,(H2,13,14,15). The minimum absolute atomic E-state index is 0.484. The average molecular weight is 208 g/mol. The molecule has 0 bridgehead atoms. The molecule has 4 nitrogen and oxygen atoms in total. The van der Waals surface area contributed by atoms with Crippen LogP contribution in [0.1, 0.15) is 33.1 Å². The Hall–Kier alpha value is -1.29. The maximum absolute atomic E-state index is 5.29. The molecule has 4 heteroatoms. The number of nitrogens with two attached hydrogens (primary N) is 1. The van der Waals surface area contributed by atoms with Gasteiger partial charge in [0.1, 0.15) is 5.82 Å². The number of nitrogens with one attached hydrogen (secondary N) is 2. The molecule has 0 spiro atoms. The number of anilines is 2. The summed E-state index contributed by atoms with van der Waals surface area (Å²) in [5.41, 5.74) is 3.59. The first kappa shape index (κ1) is 11.8. The van der Waals surface area contributed by atoms with Gasteiger partial charge in [-0.1, -0.05) is 19.8 Å². The molecule has 0 radical (unpaired) electrons. The van der Waals surface area contributed by atoms with Crippen molar-refractivity contribution in [3.05, 3.63) is 18.3 Å². The Morgan fingerprint density at radius 3 is 3.00 bits per heavy atom. The molecule has 4 N–H and O–H groups in total. The summed E-state index contributed by atoms with van der Waals surface area (Å²) in [6, 6.07) is 4.34. The van der Waals surface area contributed by atoms with Crippen molar-refractivity contribution in [3.8, 4) is 0 Å². The molecular formula is C11H20N4. The van der Waals surface area contributed by atoms with Gasteiger partial charge in [0.2, 0.25) is 0 Å². The maximum atomic E-state index is 5.29. The van der Waals surface area contributed by atoms with Crippen LogP contribution in [-0.2, 0) is 0 Å². The second-order valence-corrected chi connectivity index (χ2v) is 3.76. The van der Waals surface area contributed by atoms with Crippen LogP contribution in [0.2, 0.25) is 0 Å². The fraction of sp³-hybridized carbons (Fsp3) is 0.545. The molecule has 1 atom stereocenters. The normalized spacial score (nSPS) is 12.2. The molecule has 0 aliphatic rings. The molecule has 0 aliphatic carbocycles. The fourth-order valence-corrected chi connectivity index (χ4v) is 1.47. The predicted molar refractivity (Wildman–Crippen MR) is 64.7 cm³/mol. The Kier molecular flexibility index (Phi) is 4.90. The number of rotatable bonds is 6. The first-order chi connectivity index (χ1) is 7.26. The lowest BCUT2D eigenvalue weighted by Crippen LogP contribution is -2.15. The second-order valence-electron chi connectivity index (χ2n) is 3.76. The molecule has 0 amide bonds. The van der Waals surface area contributed by atoms with E-state index in [4.69, 9.17) is 5.84 Å². The van der Waals surface area contributed by atoms with Gasteiger partial charge in [0, 0.05) is 24.0 Å². The van der Waals surface area contributed by atoms with Gasteiger partial charge in [0.25, 0.3) is 0 Å². The summed E-state index contributed by atoms with van der Waals surface area (Å²) in [6.07, 6.45) is 5.41. The summed E-state index contributed by atoms with van der Waals surface area (Å²) < 4.78 is 0. The van der Waals surface area contributed by atoms with E-state index >= 15 is 0 Å². The summed E-state index contributed by atoms with van der Waals surface area (Å²) in [5.74, 6) is 5.97. The largest absolute Gasteiger partial charge is 0.382 e. The van der Waals surface area contributed by atoms with E-state index < -0.39 is 0 Å². The van der Waals surface area contributed by atoms with Crippen molar-refractivity contribution in [2.75, 3.05) is 10.7 Å². The highest BCUT2D eigenvalue weighted by atomic mass is 15.2. The number of hydrazine groups is 1. The molecule has 1 aromatic rings. The van der Waals surface area contributed by atoms with Crippen LogP contribution >= 0.6 is 0 Å². The van der Waals surface area contributed by atoms with Gasteiger partial charge in [-0.2, -0.15) is 0 Å². The maximum Gasteiger partial charge on any atom is 0.141 e. The van der Waals surface area contributed by atoms with Crippen LogP contribution in [0.5, 0.6) is 0 Å². The van der Waals surface area contributed by atoms with Crippen molar-refractivity contribution in [2.24, 2.45) is 5.84 Å². The molecule has 1 heterocycles. The van der Waals surface area contributed by atoms with Crippen LogP contribution in [0, 0.1) is 0 Å². The van der Waals surface area contributed by atoms with Gasteiger partial charge in [-0.15, -0.1) is 0 Å². The third-order valence-electron chi connectivity index (χ3n) is 2.31. The summed E-state index contributed by atoms with van der Waals surface area (Å²) in [5, 5.41) is 3.42. The molecule has 0 fully saturated rings. The highest BCUT2D eigenvalue weighted by Crippen LogP contribution is 2.13. The van der Waals surface area contributed by atoms with E-state index in [1.54, 1.807) is 6.20 Å². The molecular weight excluding hydrogens is 188 g/mol. The average Bonchev–Trinajstić information content (AvgIpc) is 2.26. The highest BCUT2D eigenvalue weighted by molar-refractivity contribution is 5.51. The van der Waals surface area contributed by atoms with Crippen LogP contribution in [0.3, 0.4) is 0 Å². The van der Waals surface area contributed by atoms with E-state index in [-0.39, 0.29) is 0 Å². The van der Waals surface area contributed by atoms with E-state index in [1.165, 1.54) is 19.3 Å². The fourth-order valence-electron chi connectivity index (χ4n) is 1.47. The molecule has 1 aromatic heterocycles. The minimum Gasteiger partial charge on any atom is -0.382 e. The van der Waals surface area contributed by atoms with Crippen LogP contribution < -0.4 is 16.6 Å². The molecule has 1 unspecified atom stereocenters. The van der Waals surface area contributed by atoms with Crippen LogP contribution in [0.15, 0.2) is 18.3 Å². The smallest absolute Gasteiger partial charge is 0.141 e. The zero-order valence-electron chi connectivity index (χ0n) is 9.46. The Morgan fingerprint density at radius 1 is 1.53 bits per heavy atom. The van der Waals surface area contributed by atoms with Gasteiger partial charge < -0.3 is 10.7 Å². The van der Waals surface area contributed by atoms with Gasteiger partial charge in [0.15, 0.2) is 0 Å². The molecule has 15 heavy (non-hydrogen) atoms. The van der Waals surface area contributed by atoms with Crippen molar-refractivity contribution in [1.82, 2.24) is 4.98 Å². The summed E-state index contributed by atoms with van der Waals surface area (Å²) in [4.78, 5) is 4.05. The van der Waals surface area contributed by atoms with E-state index in [2.05, 4.69) is 29.6 Å². The summed E-state index contributed by atoms with van der Waals surface area (Å²) in [6.45, 7) is 4.39. The third kappa shape index (κ3) is 4.16. The minimum atomic E-state index is 0.484. The SMILES string of the molecule is CCCCC(C)Nc1ccnc(NN)c1. The monoisotopic (exact) mass is 208 g/mol. The number of hydrogen-bond acceptors (Lipinski definition) is 4. The zero-order valence-corrected chi connectivity index (χ0v) is 9.46. The van der Waals surface area contributed by atoms with E-state index in [9.17, 15) is 0 Å². The van der Waals surface area contributed by atoms with Gasteiger partial charge >= 0.3 is 0 Å². The van der Waals surface area contributed by atoms with Crippen LogP contribution in [0.25, 0.3) is 0 Å². The lowest BCUT2D eigenvalue weighted by molar-refractivity contribution is 0.645. The van der Waals surface area contributed by atoms with Crippen molar-refractivity contribution in [3.63, 3.8) is 0 Å². The molecule has 84 valence electrons. The van der Waals surface area contributed by atoms with Crippen molar-refractivity contribution < 1.29 is 0 Å². The van der Waals surface area contributed by atoms with Gasteiger partial charge in [-0.3, -0.25) is 0 Å². The lowest BCUT2D eigenvalue weighted by atomic mass is 10.1. The Labute approximate surface area is 91.3 Å². The molecule has 0 saturated heterocycles. The van der Waals surface area contributed by atoms with Crippen LogP contribution in [-0.4, -0.2) is 11.0 Å². The first-order valence-corrected chi connectivity index (χ1v) is 5.45. The first-order valence-electron chi connectivity index (χ1n) is 5.45. The molecule has 0 aromatic carbocycles. The van der Waals surface area contributed by atoms with E-state index in [0.29, 0.717) is 11.9 Å². The van der Waals surface area contributed by atoms with Crippen molar-refractivity contribution >= 4 is 11.5 Å². The number of pyridine rings is 1. The second kappa shape index (κ2) is 6.24. The van der Waals surface area contributed by atoms with Gasteiger partial charge in [-0.25, -0.2) is 10.8 Å². The third-order valence-corrected chi connectivity index (χ3v) is 2.31. The Morgan fingerprint density at radius 2 is 2.33 bits per heavy atom. The topological polar surface area (TPSA) is 63.0 Å². The number of nitrogens with zero attached hydrogens (tertiary/aromatic N) is 1. The Balaban J connectivity index is 2.48. The van der Waals surface area contributed by atoms with Crippen molar-refractivity contribution in [2.45, 2.75) is 39.2 Å². The quantitative estimate of drug-likeness (QED) is 0.496. The molecule has 0 saturated carbocycles. The lowest BCUT2D eigenvalue weighted by Gasteiger charge is -2.15. The zero-order chi connectivity index (χ0) is 11.1. The Bertz CT molecular complexity index is 288. The summed E-state index contributed by atoms with van der Waals surface area (Å²) >= 11 is 0. The molecule has 0 aliphatic heterocycles. The van der Waals surface area contributed by atoms with Crippen LogP contribution in [0.4, 0.5) is 11.5 Å². The number of nitrogen functional groups attached to an aromatic ring is 1. The number of hydrogen-bond donors (Lipinski definition) is 3. The number of aromatic nitrogens is 1. The summed E-state index contributed by atoms with van der Waals surface area (Å²) in [7, 11) is 0. The number of unbranched alkanes of at least 4 members (excludes halogenated alkanes) is 1. The predicted octanol–water partition coefficient (Wildman–Crippen LogP) is 2.36. The highest BCUT2D eigenvalue weighted by Gasteiger charge is 2.01. The van der Waals surface area contributed by atoms with Gasteiger partial charge in [-0.05, 0) is 19.4 Å². The van der Waals surface area contributed by atoms with Gasteiger partial charge in [0.05, 0.1) is 0 Å². The molecule has 1 rings (SSSR count).